The van der Waals surface area contributed by atoms with Gasteiger partial charge in [0.25, 0.3) is 0 Å². The summed E-state index contributed by atoms with van der Waals surface area (Å²) in [5.74, 6) is 0. The molecule has 0 radical (unpaired) electrons. The van der Waals surface area contributed by atoms with Crippen molar-refractivity contribution < 1.29 is 8.42 Å². The second-order valence-corrected chi connectivity index (χ2v) is 6.87. The van der Waals surface area contributed by atoms with Gasteiger partial charge in [-0.1, -0.05) is 13.8 Å². The third-order valence-corrected chi connectivity index (χ3v) is 4.82. The van der Waals surface area contributed by atoms with Gasteiger partial charge in [-0.25, -0.2) is 17.7 Å². The van der Waals surface area contributed by atoms with Crippen LogP contribution in [0.3, 0.4) is 0 Å². The lowest BCUT2D eigenvalue weighted by atomic mass is 10.4. The van der Waals surface area contributed by atoms with Crippen molar-refractivity contribution in [2.24, 2.45) is 0 Å². The van der Waals surface area contributed by atoms with Crippen LogP contribution >= 0.6 is 11.3 Å². The van der Waals surface area contributed by atoms with E-state index >= 15 is 0 Å². The number of nitrogens with zero attached hydrogens (tertiary/aromatic N) is 2. The van der Waals surface area contributed by atoms with Gasteiger partial charge in [0, 0.05) is 25.0 Å². The molecule has 0 unspecified atom stereocenters. The first-order chi connectivity index (χ1) is 8.47. The number of thiazole rings is 1. The Bertz CT molecular complexity index is 457. The maximum atomic E-state index is 11.4. The molecule has 0 saturated carbocycles. The molecule has 0 bridgehead atoms. The third-order valence-electron chi connectivity index (χ3n) is 2.60. The van der Waals surface area contributed by atoms with Crippen LogP contribution in [0.25, 0.3) is 0 Å². The molecule has 5 nitrogen and oxygen atoms in total. The molecule has 1 heterocycles. The van der Waals surface area contributed by atoms with E-state index in [1.54, 1.807) is 11.3 Å². The first-order valence-electron chi connectivity index (χ1n) is 6.10. The van der Waals surface area contributed by atoms with Gasteiger partial charge in [-0.15, -0.1) is 11.3 Å². The molecule has 1 N–H and O–H groups in total. The van der Waals surface area contributed by atoms with Gasteiger partial charge in [-0.2, -0.15) is 0 Å². The predicted octanol–water partition coefficient (Wildman–Crippen LogP) is 1.79. The fourth-order valence-corrected chi connectivity index (χ4v) is 3.31. The number of anilines is 1. The predicted molar refractivity (Wildman–Crippen MR) is 76.7 cm³/mol. The van der Waals surface area contributed by atoms with Crippen LogP contribution in [-0.4, -0.2) is 43.6 Å². The SMILES string of the molecule is CCc1csc(NCCCN(CC)S(C)(=O)=O)n1. The number of aromatic nitrogens is 1. The summed E-state index contributed by atoms with van der Waals surface area (Å²) in [6, 6.07) is 0. The summed E-state index contributed by atoms with van der Waals surface area (Å²) < 4.78 is 24.2. The lowest BCUT2D eigenvalue weighted by molar-refractivity contribution is 0.429. The smallest absolute Gasteiger partial charge is 0.211 e. The molecular formula is C11H21N3O2S2. The average Bonchev–Trinajstić information content (AvgIpc) is 2.75. The number of nitrogens with one attached hydrogen (secondary N) is 1. The summed E-state index contributed by atoms with van der Waals surface area (Å²) in [4.78, 5) is 4.39. The first kappa shape index (κ1) is 15.4. The average molecular weight is 291 g/mol. The number of hydrogen-bond donors (Lipinski definition) is 1. The van der Waals surface area contributed by atoms with Gasteiger partial charge in [-0.3, -0.25) is 0 Å². The number of rotatable bonds is 8. The van der Waals surface area contributed by atoms with Crippen LogP contribution in [0.1, 0.15) is 26.0 Å². The zero-order valence-electron chi connectivity index (χ0n) is 11.1. The van der Waals surface area contributed by atoms with E-state index in [1.807, 2.05) is 12.3 Å². The largest absolute Gasteiger partial charge is 0.361 e. The van der Waals surface area contributed by atoms with Crippen LogP contribution in [0, 0.1) is 0 Å². The minimum atomic E-state index is -3.07. The minimum absolute atomic E-state index is 0.524. The Kier molecular flexibility index (Phi) is 6.04. The normalized spacial score (nSPS) is 12.0. The molecule has 1 aromatic rings. The number of hydrogen-bond acceptors (Lipinski definition) is 5. The minimum Gasteiger partial charge on any atom is -0.361 e. The molecule has 0 amide bonds. The molecule has 7 heteroatoms. The Hall–Kier alpha value is -0.660. The Balaban J connectivity index is 2.30. The highest BCUT2D eigenvalue weighted by Crippen LogP contribution is 2.15. The summed E-state index contributed by atoms with van der Waals surface area (Å²) in [5, 5.41) is 6.17. The van der Waals surface area contributed by atoms with Gasteiger partial charge in [0.1, 0.15) is 0 Å². The zero-order valence-corrected chi connectivity index (χ0v) is 12.8. The molecule has 18 heavy (non-hydrogen) atoms. The quantitative estimate of drug-likeness (QED) is 0.742. The molecule has 1 aromatic heterocycles. The van der Waals surface area contributed by atoms with E-state index < -0.39 is 10.0 Å². The van der Waals surface area contributed by atoms with Crippen molar-refractivity contribution in [1.82, 2.24) is 9.29 Å². The van der Waals surface area contributed by atoms with E-state index in [4.69, 9.17) is 0 Å². The molecular weight excluding hydrogens is 270 g/mol. The highest BCUT2D eigenvalue weighted by molar-refractivity contribution is 7.88. The maximum Gasteiger partial charge on any atom is 0.211 e. The summed E-state index contributed by atoms with van der Waals surface area (Å²) in [5.41, 5.74) is 1.09. The first-order valence-corrected chi connectivity index (χ1v) is 8.83. The van der Waals surface area contributed by atoms with Crippen molar-refractivity contribution in [3.63, 3.8) is 0 Å². The van der Waals surface area contributed by atoms with Crippen LogP contribution in [0.5, 0.6) is 0 Å². The van der Waals surface area contributed by atoms with Gasteiger partial charge in [0.05, 0.1) is 11.9 Å². The molecule has 0 aliphatic carbocycles. The second kappa shape index (κ2) is 7.06. The van der Waals surface area contributed by atoms with E-state index in [0.29, 0.717) is 13.1 Å². The van der Waals surface area contributed by atoms with Crippen molar-refractivity contribution in [1.29, 1.82) is 0 Å². The topological polar surface area (TPSA) is 62.3 Å². The second-order valence-electron chi connectivity index (χ2n) is 4.03. The highest BCUT2D eigenvalue weighted by atomic mass is 32.2. The fourth-order valence-electron chi connectivity index (χ4n) is 1.56. The molecule has 0 fully saturated rings. The Morgan fingerprint density at radius 2 is 2.17 bits per heavy atom. The van der Waals surface area contributed by atoms with E-state index in [9.17, 15) is 8.42 Å². The Morgan fingerprint density at radius 1 is 1.44 bits per heavy atom. The van der Waals surface area contributed by atoms with E-state index in [0.717, 1.165) is 30.2 Å². The van der Waals surface area contributed by atoms with Crippen molar-refractivity contribution in [2.45, 2.75) is 26.7 Å². The molecule has 0 saturated heterocycles. The van der Waals surface area contributed by atoms with Gasteiger partial charge >= 0.3 is 0 Å². The fraction of sp³-hybridized carbons (Fsp3) is 0.727. The van der Waals surface area contributed by atoms with Gasteiger partial charge in [0.2, 0.25) is 10.0 Å². The summed E-state index contributed by atoms with van der Waals surface area (Å²) >= 11 is 1.59. The summed E-state index contributed by atoms with van der Waals surface area (Å²) in [6.45, 7) is 5.74. The van der Waals surface area contributed by atoms with Crippen molar-refractivity contribution in [3.8, 4) is 0 Å². The van der Waals surface area contributed by atoms with Crippen molar-refractivity contribution in [2.75, 3.05) is 31.2 Å². The van der Waals surface area contributed by atoms with Crippen molar-refractivity contribution >= 4 is 26.5 Å². The Labute approximate surface area is 113 Å². The van der Waals surface area contributed by atoms with E-state index in [2.05, 4.69) is 17.2 Å². The standard InChI is InChI=1S/C11H21N3O2S2/c1-4-10-9-17-11(13-10)12-7-6-8-14(5-2)18(3,15)16/h9H,4-8H2,1-3H3,(H,12,13). The van der Waals surface area contributed by atoms with Crippen LogP contribution in [-0.2, 0) is 16.4 Å². The van der Waals surface area contributed by atoms with Gasteiger partial charge < -0.3 is 5.32 Å². The molecule has 1 rings (SSSR count). The lowest BCUT2D eigenvalue weighted by Gasteiger charge is -2.17. The maximum absolute atomic E-state index is 11.4. The van der Waals surface area contributed by atoms with Crippen molar-refractivity contribution in [3.05, 3.63) is 11.1 Å². The van der Waals surface area contributed by atoms with E-state index in [1.165, 1.54) is 10.6 Å². The van der Waals surface area contributed by atoms with Crippen LogP contribution in [0.2, 0.25) is 0 Å². The molecule has 104 valence electrons. The highest BCUT2D eigenvalue weighted by Gasteiger charge is 2.13. The number of sulfonamides is 1. The monoisotopic (exact) mass is 291 g/mol. The Morgan fingerprint density at radius 3 is 2.67 bits per heavy atom. The molecule has 0 aliphatic rings. The molecule has 0 aliphatic heterocycles. The van der Waals surface area contributed by atoms with Gasteiger partial charge in [-0.05, 0) is 12.8 Å². The van der Waals surface area contributed by atoms with Crippen LogP contribution in [0.4, 0.5) is 5.13 Å². The summed E-state index contributed by atoms with van der Waals surface area (Å²) in [7, 11) is -3.07. The summed E-state index contributed by atoms with van der Waals surface area (Å²) in [6.07, 6.45) is 2.97. The van der Waals surface area contributed by atoms with Crippen LogP contribution < -0.4 is 5.32 Å². The molecule has 0 aromatic carbocycles. The zero-order chi connectivity index (χ0) is 13.6. The third kappa shape index (κ3) is 4.91. The lowest BCUT2D eigenvalue weighted by Crippen LogP contribution is -2.31. The van der Waals surface area contributed by atoms with Gasteiger partial charge in [0.15, 0.2) is 5.13 Å². The molecule has 0 spiro atoms. The number of aryl methyl sites for hydroxylation is 1. The van der Waals surface area contributed by atoms with E-state index in [-0.39, 0.29) is 0 Å². The molecule has 0 atom stereocenters. The van der Waals surface area contributed by atoms with Crippen LogP contribution in [0.15, 0.2) is 5.38 Å².